The molecule has 0 N–H and O–H groups in total. The second-order valence-corrected chi connectivity index (χ2v) is 5.45. The van der Waals surface area contributed by atoms with Gasteiger partial charge < -0.3 is 13.7 Å². The Balaban J connectivity index is 1.72. The molecule has 108 valence electrons. The van der Waals surface area contributed by atoms with Gasteiger partial charge in [0.1, 0.15) is 11.8 Å². The summed E-state index contributed by atoms with van der Waals surface area (Å²) in [5.41, 5.74) is 2.83. The number of aromatic nitrogens is 2. The summed E-state index contributed by atoms with van der Waals surface area (Å²) in [4.78, 5) is 4.56. The molecule has 3 heterocycles. The summed E-state index contributed by atoms with van der Waals surface area (Å²) >= 11 is 0. The van der Waals surface area contributed by atoms with Gasteiger partial charge in [-0.05, 0) is 25.3 Å². The van der Waals surface area contributed by atoms with Crippen molar-refractivity contribution in [3.05, 3.63) is 35.9 Å². The van der Waals surface area contributed by atoms with Gasteiger partial charge >= 0.3 is 0 Å². The molecule has 2 aromatic heterocycles. The lowest BCUT2D eigenvalue weighted by atomic mass is 10.00. The van der Waals surface area contributed by atoms with E-state index >= 15 is 0 Å². The summed E-state index contributed by atoms with van der Waals surface area (Å²) < 4.78 is 16.5. The topological polar surface area (TPSA) is 61.3 Å². The molecule has 0 spiro atoms. The van der Waals surface area contributed by atoms with Gasteiger partial charge in [-0.25, -0.2) is 0 Å². The Bertz CT molecular complexity index is 769. The summed E-state index contributed by atoms with van der Waals surface area (Å²) in [5, 5.41) is 5.15. The van der Waals surface area contributed by atoms with Crippen LogP contribution in [-0.4, -0.2) is 23.4 Å². The van der Waals surface area contributed by atoms with Gasteiger partial charge in [0, 0.05) is 24.5 Å². The zero-order chi connectivity index (χ0) is 14.2. The molecule has 0 bridgehead atoms. The second-order valence-electron chi connectivity index (χ2n) is 5.45. The molecule has 0 saturated carbocycles. The van der Waals surface area contributed by atoms with Gasteiger partial charge in [0.2, 0.25) is 0 Å². The maximum atomic E-state index is 5.64. The van der Waals surface area contributed by atoms with Gasteiger partial charge in [-0.15, -0.1) is 0 Å². The van der Waals surface area contributed by atoms with Crippen LogP contribution < -0.4 is 0 Å². The van der Waals surface area contributed by atoms with Gasteiger partial charge in [-0.2, -0.15) is 4.98 Å². The Kier molecular flexibility index (Phi) is 3.00. The fourth-order valence-electron chi connectivity index (χ4n) is 2.83. The summed E-state index contributed by atoms with van der Waals surface area (Å²) in [7, 11) is 0. The predicted molar refractivity (Wildman–Crippen MR) is 77.0 cm³/mol. The molecule has 1 aromatic carbocycles. The highest BCUT2D eigenvalue weighted by Crippen LogP contribution is 2.33. The molecule has 5 heteroatoms. The first-order chi connectivity index (χ1) is 10.3. The SMILES string of the molecule is Cc1cccc2c(-c3nc(C4CCOCC4)no3)coc12. The zero-order valence-electron chi connectivity index (χ0n) is 11.8. The van der Waals surface area contributed by atoms with Crippen LogP contribution in [0.15, 0.2) is 33.4 Å². The lowest BCUT2D eigenvalue weighted by Crippen LogP contribution is -2.15. The summed E-state index contributed by atoms with van der Waals surface area (Å²) in [6, 6.07) is 6.04. The molecule has 1 aliphatic heterocycles. The fourth-order valence-corrected chi connectivity index (χ4v) is 2.83. The van der Waals surface area contributed by atoms with Crippen LogP contribution in [0.2, 0.25) is 0 Å². The molecule has 0 amide bonds. The Labute approximate surface area is 121 Å². The largest absolute Gasteiger partial charge is 0.463 e. The average molecular weight is 284 g/mol. The average Bonchev–Trinajstić information content (AvgIpc) is 3.15. The van der Waals surface area contributed by atoms with Crippen LogP contribution in [0.4, 0.5) is 0 Å². The number of hydrogen-bond donors (Lipinski definition) is 0. The van der Waals surface area contributed by atoms with Crippen LogP contribution in [0, 0.1) is 6.92 Å². The van der Waals surface area contributed by atoms with Crippen LogP contribution in [-0.2, 0) is 4.74 Å². The zero-order valence-corrected chi connectivity index (χ0v) is 11.8. The Morgan fingerprint density at radius 1 is 1.19 bits per heavy atom. The van der Waals surface area contributed by atoms with Crippen molar-refractivity contribution in [2.45, 2.75) is 25.7 Å². The normalized spacial score (nSPS) is 16.6. The number of aryl methyl sites for hydroxylation is 1. The number of para-hydroxylation sites is 1. The molecule has 0 atom stereocenters. The summed E-state index contributed by atoms with van der Waals surface area (Å²) in [6.45, 7) is 3.56. The number of rotatable bonds is 2. The monoisotopic (exact) mass is 284 g/mol. The number of nitrogens with zero attached hydrogens (tertiary/aromatic N) is 2. The fraction of sp³-hybridized carbons (Fsp3) is 0.375. The highest BCUT2D eigenvalue weighted by Gasteiger charge is 2.23. The van der Waals surface area contributed by atoms with Crippen molar-refractivity contribution in [2.75, 3.05) is 13.2 Å². The summed E-state index contributed by atoms with van der Waals surface area (Å²) in [6.07, 6.45) is 3.59. The first-order valence-corrected chi connectivity index (χ1v) is 7.21. The lowest BCUT2D eigenvalue weighted by molar-refractivity contribution is 0.0830. The van der Waals surface area contributed by atoms with E-state index in [1.54, 1.807) is 6.26 Å². The van der Waals surface area contributed by atoms with E-state index in [1.807, 2.05) is 25.1 Å². The molecule has 4 rings (SSSR count). The van der Waals surface area contributed by atoms with E-state index in [0.717, 1.165) is 54.0 Å². The molecule has 1 saturated heterocycles. The molecule has 5 nitrogen and oxygen atoms in total. The van der Waals surface area contributed by atoms with E-state index in [0.29, 0.717) is 11.8 Å². The maximum Gasteiger partial charge on any atom is 0.261 e. The van der Waals surface area contributed by atoms with Crippen molar-refractivity contribution in [3.63, 3.8) is 0 Å². The van der Waals surface area contributed by atoms with Gasteiger partial charge in [0.25, 0.3) is 5.89 Å². The van der Waals surface area contributed by atoms with Crippen molar-refractivity contribution in [3.8, 4) is 11.5 Å². The quantitative estimate of drug-likeness (QED) is 0.718. The molecule has 1 aliphatic rings. The molecule has 1 fully saturated rings. The number of ether oxygens (including phenoxy) is 1. The molecule has 21 heavy (non-hydrogen) atoms. The maximum absolute atomic E-state index is 5.64. The third kappa shape index (κ3) is 2.14. The van der Waals surface area contributed by atoms with E-state index in [9.17, 15) is 0 Å². The first-order valence-electron chi connectivity index (χ1n) is 7.21. The summed E-state index contributed by atoms with van der Waals surface area (Å²) in [5.74, 6) is 1.63. The number of furan rings is 1. The van der Waals surface area contributed by atoms with Crippen LogP contribution in [0.25, 0.3) is 22.4 Å². The Morgan fingerprint density at radius 2 is 2.05 bits per heavy atom. The third-order valence-corrected chi connectivity index (χ3v) is 4.06. The number of benzene rings is 1. The second kappa shape index (κ2) is 5.00. The minimum Gasteiger partial charge on any atom is -0.463 e. The van der Waals surface area contributed by atoms with E-state index in [1.165, 1.54) is 0 Å². The lowest BCUT2D eigenvalue weighted by Gasteiger charge is -2.18. The molecular formula is C16H16N2O3. The number of fused-ring (bicyclic) bond motifs is 1. The minimum atomic E-state index is 0.330. The van der Waals surface area contributed by atoms with Crippen LogP contribution in [0.3, 0.4) is 0 Å². The smallest absolute Gasteiger partial charge is 0.261 e. The van der Waals surface area contributed by atoms with E-state index < -0.39 is 0 Å². The first kappa shape index (κ1) is 12.6. The minimum absolute atomic E-state index is 0.330. The van der Waals surface area contributed by atoms with Crippen molar-refractivity contribution in [1.29, 1.82) is 0 Å². The molecule has 3 aromatic rings. The van der Waals surface area contributed by atoms with Crippen LogP contribution in [0.5, 0.6) is 0 Å². The van der Waals surface area contributed by atoms with Crippen molar-refractivity contribution in [2.24, 2.45) is 0 Å². The highest BCUT2D eigenvalue weighted by molar-refractivity contribution is 5.93. The Hall–Kier alpha value is -2.14. The molecule has 0 aliphatic carbocycles. The van der Waals surface area contributed by atoms with E-state index in [-0.39, 0.29) is 0 Å². The number of hydrogen-bond acceptors (Lipinski definition) is 5. The Morgan fingerprint density at radius 3 is 2.90 bits per heavy atom. The standard InChI is InChI=1S/C16H16N2O3/c1-10-3-2-4-12-13(9-20-14(10)12)16-17-15(18-21-16)11-5-7-19-8-6-11/h2-4,9,11H,5-8H2,1H3. The van der Waals surface area contributed by atoms with Gasteiger partial charge in [0.15, 0.2) is 5.82 Å². The molecular weight excluding hydrogens is 268 g/mol. The predicted octanol–water partition coefficient (Wildman–Crippen LogP) is 3.69. The molecule has 0 unspecified atom stereocenters. The molecule has 0 radical (unpaired) electrons. The van der Waals surface area contributed by atoms with Crippen LogP contribution in [0.1, 0.15) is 30.1 Å². The van der Waals surface area contributed by atoms with E-state index in [2.05, 4.69) is 10.1 Å². The van der Waals surface area contributed by atoms with Gasteiger partial charge in [-0.1, -0.05) is 23.4 Å². The van der Waals surface area contributed by atoms with Crippen LogP contribution >= 0.6 is 0 Å². The van der Waals surface area contributed by atoms with Crippen molar-refractivity contribution in [1.82, 2.24) is 10.1 Å². The van der Waals surface area contributed by atoms with Gasteiger partial charge in [-0.3, -0.25) is 0 Å². The van der Waals surface area contributed by atoms with Gasteiger partial charge in [0.05, 0.1) is 5.56 Å². The highest BCUT2D eigenvalue weighted by atomic mass is 16.5. The third-order valence-electron chi connectivity index (χ3n) is 4.06. The van der Waals surface area contributed by atoms with Crippen molar-refractivity contribution < 1.29 is 13.7 Å². The van der Waals surface area contributed by atoms with E-state index in [4.69, 9.17) is 13.7 Å². The van der Waals surface area contributed by atoms with Crippen molar-refractivity contribution >= 4 is 11.0 Å².